The normalized spacial score (nSPS) is 7.48. The van der Waals surface area contributed by atoms with Crippen LogP contribution in [0.5, 0.6) is 0 Å². The molecule has 8 heteroatoms. The van der Waals surface area contributed by atoms with Crippen molar-refractivity contribution in [1.82, 2.24) is 16.0 Å². The SMILES string of the molecule is C=CCNCCCNC(=O)C=C.C=O.CC.CC.CC(C)C.O=C(O)NCCO. The van der Waals surface area contributed by atoms with Crippen LogP contribution in [0, 0.1) is 5.92 Å². The Kier molecular flexibility index (Phi) is 71.2. The van der Waals surface area contributed by atoms with E-state index in [9.17, 15) is 9.59 Å². The van der Waals surface area contributed by atoms with Crippen LogP contribution in [0.4, 0.5) is 4.79 Å². The Morgan fingerprint density at radius 2 is 1.38 bits per heavy atom. The lowest BCUT2D eigenvalue weighted by atomic mass is 10.3. The molecule has 0 saturated heterocycles. The first-order chi connectivity index (χ1) is 13.8. The highest BCUT2D eigenvalue weighted by molar-refractivity contribution is 5.86. The molecule has 0 aliphatic rings. The molecule has 0 aromatic carbocycles. The van der Waals surface area contributed by atoms with Crippen molar-refractivity contribution >= 4 is 18.8 Å². The average molecular weight is 422 g/mol. The zero-order chi connectivity index (χ0) is 24.5. The molecule has 0 saturated carbocycles. The number of carbonyl (C=O) groups is 3. The molecule has 0 aromatic rings. The number of aliphatic hydroxyl groups excluding tert-OH is 1. The molecule has 5 N–H and O–H groups in total. The van der Waals surface area contributed by atoms with E-state index in [4.69, 9.17) is 15.0 Å². The summed E-state index contributed by atoms with van der Waals surface area (Å²) in [6, 6.07) is 0. The van der Waals surface area contributed by atoms with Crippen LogP contribution in [0.1, 0.15) is 54.9 Å². The smallest absolute Gasteiger partial charge is 0.404 e. The summed E-state index contributed by atoms with van der Waals surface area (Å²) in [6.07, 6.45) is 2.90. The Morgan fingerprint density at radius 3 is 1.66 bits per heavy atom. The molecule has 2 amide bonds. The lowest BCUT2D eigenvalue weighted by Gasteiger charge is -2.02. The Hall–Kier alpha value is -2.19. The summed E-state index contributed by atoms with van der Waals surface area (Å²) in [4.78, 5) is 28.2. The average Bonchev–Trinajstić information content (AvgIpc) is 2.73. The van der Waals surface area contributed by atoms with Gasteiger partial charge in [0.2, 0.25) is 5.91 Å². The van der Waals surface area contributed by atoms with Crippen LogP contribution < -0.4 is 16.0 Å². The predicted molar refractivity (Wildman–Crippen MR) is 124 cm³/mol. The highest BCUT2D eigenvalue weighted by atomic mass is 16.4. The molecule has 0 heterocycles. The van der Waals surface area contributed by atoms with Crippen LogP contribution in [0.25, 0.3) is 0 Å². The van der Waals surface area contributed by atoms with Gasteiger partial charge in [0.05, 0.1) is 6.61 Å². The van der Waals surface area contributed by atoms with Crippen molar-refractivity contribution in [2.24, 2.45) is 5.92 Å². The largest absolute Gasteiger partial charge is 0.465 e. The second-order valence-electron chi connectivity index (χ2n) is 5.03. The van der Waals surface area contributed by atoms with Crippen LogP contribution in [-0.4, -0.2) is 61.8 Å². The zero-order valence-electron chi connectivity index (χ0n) is 19.7. The molecule has 0 atom stereocenters. The van der Waals surface area contributed by atoms with Gasteiger partial charge in [-0.15, -0.1) is 6.58 Å². The lowest BCUT2D eigenvalue weighted by molar-refractivity contribution is -0.116. The number of nitrogens with one attached hydrogen (secondary N) is 3. The number of hydrogen-bond donors (Lipinski definition) is 5. The third-order valence-electron chi connectivity index (χ3n) is 1.69. The van der Waals surface area contributed by atoms with Crippen molar-refractivity contribution in [3.05, 3.63) is 25.3 Å². The topological polar surface area (TPSA) is 128 Å². The van der Waals surface area contributed by atoms with Crippen LogP contribution in [0.15, 0.2) is 25.3 Å². The highest BCUT2D eigenvalue weighted by Crippen LogP contribution is 1.81. The minimum atomic E-state index is -1.10. The van der Waals surface area contributed by atoms with E-state index in [1.807, 2.05) is 45.9 Å². The summed E-state index contributed by atoms with van der Waals surface area (Å²) in [7, 11) is 0. The molecular weight excluding hydrogens is 374 g/mol. The van der Waals surface area contributed by atoms with E-state index < -0.39 is 6.09 Å². The van der Waals surface area contributed by atoms with Crippen molar-refractivity contribution in [2.75, 3.05) is 32.8 Å². The fourth-order valence-electron chi connectivity index (χ4n) is 0.864. The summed E-state index contributed by atoms with van der Waals surface area (Å²) in [6.45, 7) is 25.8. The van der Waals surface area contributed by atoms with Crippen LogP contribution in [0.2, 0.25) is 0 Å². The van der Waals surface area contributed by atoms with Gasteiger partial charge < -0.3 is 31.0 Å². The third-order valence-corrected chi connectivity index (χ3v) is 1.69. The van der Waals surface area contributed by atoms with Crippen molar-refractivity contribution in [3.63, 3.8) is 0 Å². The fraction of sp³-hybridized carbons (Fsp3) is 0.667. The van der Waals surface area contributed by atoms with Gasteiger partial charge in [-0.25, -0.2) is 4.79 Å². The van der Waals surface area contributed by atoms with Gasteiger partial charge in [-0.05, 0) is 25.0 Å². The van der Waals surface area contributed by atoms with Crippen molar-refractivity contribution in [1.29, 1.82) is 0 Å². The van der Waals surface area contributed by atoms with Crippen LogP contribution in [-0.2, 0) is 9.59 Å². The molecule has 0 unspecified atom stereocenters. The van der Waals surface area contributed by atoms with E-state index in [1.165, 1.54) is 6.08 Å². The van der Waals surface area contributed by atoms with Gasteiger partial charge in [-0.1, -0.05) is 61.1 Å². The maximum atomic E-state index is 10.6. The van der Waals surface area contributed by atoms with Crippen LogP contribution >= 0.6 is 0 Å². The fourth-order valence-corrected chi connectivity index (χ4v) is 0.864. The lowest BCUT2D eigenvalue weighted by Crippen LogP contribution is -2.25. The Labute approximate surface area is 178 Å². The van der Waals surface area contributed by atoms with E-state index in [2.05, 4.69) is 44.6 Å². The maximum Gasteiger partial charge on any atom is 0.404 e. The first-order valence-corrected chi connectivity index (χ1v) is 9.90. The molecular formula is C21H47N3O5. The molecule has 0 aliphatic heterocycles. The Morgan fingerprint density at radius 1 is 0.931 bits per heavy atom. The number of aliphatic hydroxyl groups is 1. The molecule has 0 bridgehead atoms. The molecule has 0 radical (unpaired) electrons. The first kappa shape index (κ1) is 41.2. The second kappa shape index (κ2) is 50.1. The van der Waals surface area contributed by atoms with Crippen molar-refractivity contribution < 1.29 is 24.6 Å². The molecule has 0 aromatic heterocycles. The third kappa shape index (κ3) is 105. The standard InChI is InChI=1S/C9H16N2O.C4H10.C3H7NO3.2C2H6.CH2O/c1-3-6-10-7-5-8-11-9(12)4-2;1-4(2)3;5-2-1-4-3(6)7;3*1-2/h3-4,10H,1-2,5-8H2,(H,11,12);4H,1-3H3;4-5H,1-2H2,(H,6,7);2*1-2H3;1H2. The van der Waals surface area contributed by atoms with Crippen molar-refractivity contribution in [3.8, 4) is 0 Å². The van der Waals surface area contributed by atoms with Crippen molar-refractivity contribution in [2.45, 2.75) is 54.9 Å². The van der Waals surface area contributed by atoms with E-state index in [1.54, 1.807) is 0 Å². The van der Waals surface area contributed by atoms with E-state index in [-0.39, 0.29) is 19.1 Å². The summed E-state index contributed by atoms with van der Waals surface area (Å²) in [5, 5.41) is 23.6. The summed E-state index contributed by atoms with van der Waals surface area (Å²) in [5.74, 6) is 0.721. The monoisotopic (exact) mass is 421 g/mol. The minimum Gasteiger partial charge on any atom is -0.465 e. The van der Waals surface area contributed by atoms with Gasteiger partial charge in [0.1, 0.15) is 6.79 Å². The van der Waals surface area contributed by atoms with E-state index in [0.717, 1.165) is 25.4 Å². The van der Waals surface area contributed by atoms with Crippen LogP contribution in [0.3, 0.4) is 0 Å². The highest BCUT2D eigenvalue weighted by Gasteiger charge is 1.91. The number of carboxylic acid groups (broad SMARTS) is 1. The van der Waals surface area contributed by atoms with Gasteiger partial charge in [-0.3, -0.25) is 4.79 Å². The molecule has 29 heavy (non-hydrogen) atoms. The summed E-state index contributed by atoms with van der Waals surface area (Å²) < 4.78 is 0. The van der Waals surface area contributed by atoms with Gasteiger partial charge in [-0.2, -0.15) is 0 Å². The van der Waals surface area contributed by atoms with E-state index >= 15 is 0 Å². The number of carbonyl (C=O) groups excluding carboxylic acids is 2. The zero-order valence-corrected chi connectivity index (χ0v) is 19.7. The second-order valence-corrected chi connectivity index (χ2v) is 5.03. The maximum absolute atomic E-state index is 10.6. The quantitative estimate of drug-likeness (QED) is 0.221. The number of rotatable bonds is 9. The molecule has 0 spiro atoms. The molecule has 8 nitrogen and oxygen atoms in total. The Bertz CT molecular complexity index is 323. The molecule has 0 aliphatic carbocycles. The first-order valence-electron chi connectivity index (χ1n) is 9.90. The van der Waals surface area contributed by atoms with Gasteiger partial charge in [0, 0.05) is 19.6 Å². The molecule has 0 fully saturated rings. The predicted octanol–water partition coefficient (Wildman–Crippen LogP) is 3.23. The summed E-state index contributed by atoms with van der Waals surface area (Å²) in [5.41, 5.74) is 0. The number of hydrogen-bond acceptors (Lipinski definition) is 5. The van der Waals surface area contributed by atoms with E-state index in [0.29, 0.717) is 6.54 Å². The molecule has 176 valence electrons. The number of amides is 2. The Balaban J connectivity index is -0.0000000662. The minimum absolute atomic E-state index is 0.106. The van der Waals surface area contributed by atoms with Gasteiger partial charge in [0.25, 0.3) is 0 Å². The van der Waals surface area contributed by atoms with Gasteiger partial charge in [0.15, 0.2) is 0 Å². The molecule has 0 rings (SSSR count). The van der Waals surface area contributed by atoms with Gasteiger partial charge >= 0.3 is 6.09 Å². The summed E-state index contributed by atoms with van der Waals surface area (Å²) >= 11 is 0.